The van der Waals surface area contributed by atoms with E-state index in [0.717, 1.165) is 25.7 Å². The fourth-order valence-electron chi connectivity index (χ4n) is 5.09. The first-order valence-electron chi connectivity index (χ1n) is 10.4. The monoisotopic (exact) mass is 355 g/mol. The van der Waals surface area contributed by atoms with Crippen LogP contribution in [-0.4, -0.2) is 61.5 Å². The highest BCUT2D eigenvalue weighted by atomic mass is 16.1. The lowest BCUT2D eigenvalue weighted by Crippen LogP contribution is -2.52. The van der Waals surface area contributed by atoms with Gasteiger partial charge in [0.05, 0.1) is 0 Å². The van der Waals surface area contributed by atoms with Gasteiger partial charge in [0.1, 0.15) is 0 Å². The number of nitrogens with zero attached hydrogens (tertiary/aromatic N) is 2. The number of benzene rings is 1. The lowest BCUT2D eigenvalue weighted by Gasteiger charge is -2.50. The van der Waals surface area contributed by atoms with E-state index in [2.05, 4.69) is 45.4 Å². The maximum absolute atomic E-state index is 11.5. The van der Waals surface area contributed by atoms with Gasteiger partial charge in [0, 0.05) is 39.1 Å². The second-order valence-electron chi connectivity index (χ2n) is 8.74. The van der Waals surface area contributed by atoms with Crippen molar-refractivity contribution in [1.29, 1.82) is 0 Å². The molecule has 2 aliphatic heterocycles. The van der Waals surface area contributed by atoms with Gasteiger partial charge in [-0.3, -0.25) is 9.69 Å². The highest BCUT2D eigenvalue weighted by Crippen LogP contribution is 2.47. The van der Waals surface area contributed by atoms with Crippen molar-refractivity contribution in [2.45, 2.75) is 50.5 Å². The molecule has 2 heterocycles. The molecule has 1 N–H and O–H groups in total. The van der Waals surface area contributed by atoms with Crippen molar-refractivity contribution in [3.63, 3.8) is 0 Å². The highest BCUT2D eigenvalue weighted by Gasteiger charge is 2.45. The zero-order valence-corrected chi connectivity index (χ0v) is 16.1. The molecule has 4 rings (SSSR count). The van der Waals surface area contributed by atoms with Crippen molar-refractivity contribution in [3.8, 4) is 0 Å². The number of hydrogen-bond donors (Lipinski definition) is 1. The summed E-state index contributed by atoms with van der Waals surface area (Å²) in [4.78, 5) is 16.8. The normalized spacial score (nSPS) is 26.7. The van der Waals surface area contributed by atoms with Crippen LogP contribution >= 0.6 is 0 Å². The van der Waals surface area contributed by atoms with E-state index in [0.29, 0.717) is 17.8 Å². The van der Waals surface area contributed by atoms with Gasteiger partial charge in [-0.05, 0) is 62.1 Å². The Bertz CT molecular complexity index is 605. The number of carbonyl (C=O) groups excluding carboxylic acids is 1. The van der Waals surface area contributed by atoms with Gasteiger partial charge in [-0.15, -0.1) is 0 Å². The van der Waals surface area contributed by atoms with Crippen molar-refractivity contribution in [1.82, 2.24) is 15.1 Å². The van der Waals surface area contributed by atoms with Crippen LogP contribution in [0.1, 0.15) is 50.0 Å². The Morgan fingerprint density at radius 3 is 2.58 bits per heavy atom. The van der Waals surface area contributed by atoms with E-state index >= 15 is 0 Å². The maximum atomic E-state index is 11.5. The highest BCUT2D eigenvalue weighted by molar-refractivity contribution is 5.75. The molecule has 1 atom stereocenters. The molecule has 142 valence electrons. The molecule has 1 saturated carbocycles. The van der Waals surface area contributed by atoms with Gasteiger partial charge in [-0.2, -0.15) is 0 Å². The molecular formula is C22H33N3O. The Balaban J connectivity index is 1.41. The molecule has 1 amide bonds. The van der Waals surface area contributed by atoms with E-state index in [1.54, 1.807) is 7.05 Å². The molecule has 0 aromatic heterocycles. The molecule has 3 fully saturated rings. The Morgan fingerprint density at radius 1 is 1.19 bits per heavy atom. The van der Waals surface area contributed by atoms with Crippen LogP contribution in [0, 0.1) is 5.41 Å². The summed E-state index contributed by atoms with van der Waals surface area (Å²) in [5.41, 5.74) is 2.00. The topological polar surface area (TPSA) is 35.6 Å². The van der Waals surface area contributed by atoms with E-state index in [9.17, 15) is 4.79 Å². The number of amides is 1. The average Bonchev–Trinajstić information content (AvgIpc) is 3.53. The van der Waals surface area contributed by atoms with Gasteiger partial charge in [-0.25, -0.2) is 0 Å². The van der Waals surface area contributed by atoms with Crippen LogP contribution in [0.2, 0.25) is 0 Å². The molecule has 1 aromatic carbocycles. The molecular weight excluding hydrogens is 322 g/mol. The molecule has 2 saturated heterocycles. The number of rotatable bonds is 5. The molecule has 3 aliphatic rings. The zero-order valence-electron chi connectivity index (χ0n) is 16.1. The summed E-state index contributed by atoms with van der Waals surface area (Å²) in [5, 5.41) is 2.74. The van der Waals surface area contributed by atoms with E-state index in [4.69, 9.17) is 0 Å². The second-order valence-corrected chi connectivity index (χ2v) is 8.74. The third-order valence-electron chi connectivity index (χ3n) is 6.86. The van der Waals surface area contributed by atoms with Crippen molar-refractivity contribution in [3.05, 3.63) is 35.9 Å². The van der Waals surface area contributed by atoms with Gasteiger partial charge in [0.2, 0.25) is 5.91 Å². The summed E-state index contributed by atoms with van der Waals surface area (Å²) in [6, 6.07) is 12.0. The van der Waals surface area contributed by atoms with Gasteiger partial charge < -0.3 is 10.2 Å². The predicted octanol–water partition coefficient (Wildman–Crippen LogP) is 2.86. The molecule has 4 heteroatoms. The van der Waals surface area contributed by atoms with Crippen LogP contribution in [0.15, 0.2) is 30.3 Å². The summed E-state index contributed by atoms with van der Waals surface area (Å²) in [6.45, 7) is 5.75. The average molecular weight is 356 g/mol. The fourth-order valence-corrected chi connectivity index (χ4v) is 5.09. The smallest absolute Gasteiger partial charge is 0.221 e. The van der Waals surface area contributed by atoms with Crippen LogP contribution in [0.3, 0.4) is 0 Å². The molecule has 1 aliphatic carbocycles. The zero-order chi connectivity index (χ0) is 18.0. The van der Waals surface area contributed by atoms with Crippen LogP contribution in [0.5, 0.6) is 0 Å². The van der Waals surface area contributed by atoms with Gasteiger partial charge in [-0.1, -0.05) is 30.3 Å². The van der Waals surface area contributed by atoms with E-state index in [1.807, 2.05) is 0 Å². The Morgan fingerprint density at radius 2 is 1.92 bits per heavy atom. The summed E-state index contributed by atoms with van der Waals surface area (Å²) in [6.07, 6.45) is 7.33. The summed E-state index contributed by atoms with van der Waals surface area (Å²) in [5.74, 6) is 0.843. The van der Waals surface area contributed by atoms with Crippen LogP contribution < -0.4 is 5.32 Å². The number of nitrogens with one attached hydrogen (secondary N) is 1. The summed E-state index contributed by atoms with van der Waals surface area (Å²) < 4.78 is 0. The fraction of sp³-hybridized carbons (Fsp3) is 0.682. The van der Waals surface area contributed by atoms with E-state index in [1.165, 1.54) is 50.8 Å². The number of piperidine rings is 2. The maximum Gasteiger partial charge on any atom is 0.221 e. The molecule has 0 unspecified atom stereocenters. The molecule has 4 nitrogen and oxygen atoms in total. The molecule has 1 aromatic rings. The van der Waals surface area contributed by atoms with E-state index < -0.39 is 0 Å². The number of hydrogen-bond acceptors (Lipinski definition) is 3. The summed E-state index contributed by atoms with van der Waals surface area (Å²) >= 11 is 0. The van der Waals surface area contributed by atoms with E-state index in [-0.39, 0.29) is 5.91 Å². The third-order valence-corrected chi connectivity index (χ3v) is 6.86. The first-order valence-corrected chi connectivity index (χ1v) is 10.4. The predicted molar refractivity (Wildman–Crippen MR) is 105 cm³/mol. The Kier molecular flexibility index (Phi) is 5.32. The quantitative estimate of drug-likeness (QED) is 0.882. The minimum atomic E-state index is 0.159. The van der Waals surface area contributed by atoms with Crippen molar-refractivity contribution in [2.75, 3.05) is 39.8 Å². The van der Waals surface area contributed by atoms with Gasteiger partial charge in [0.25, 0.3) is 0 Å². The molecule has 1 spiro atoms. The van der Waals surface area contributed by atoms with Crippen molar-refractivity contribution < 1.29 is 4.79 Å². The Hall–Kier alpha value is -1.39. The molecule has 0 bridgehead atoms. The largest absolute Gasteiger partial charge is 0.359 e. The number of carbonyl (C=O) groups is 1. The van der Waals surface area contributed by atoms with Crippen LogP contribution in [0.4, 0.5) is 0 Å². The van der Waals surface area contributed by atoms with Crippen molar-refractivity contribution >= 4 is 5.91 Å². The minimum Gasteiger partial charge on any atom is -0.359 e. The van der Waals surface area contributed by atoms with Crippen LogP contribution in [0.25, 0.3) is 0 Å². The minimum absolute atomic E-state index is 0.159. The SMILES string of the molecule is CNC(=O)CCN1CCC2(CC1)C[C@@H](c1ccccc1)CN(C1CC1)C2. The third kappa shape index (κ3) is 4.12. The Labute approximate surface area is 157 Å². The second kappa shape index (κ2) is 7.69. The molecule has 0 radical (unpaired) electrons. The van der Waals surface area contributed by atoms with Crippen molar-refractivity contribution in [2.24, 2.45) is 5.41 Å². The number of likely N-dealkylation sites (tertiary alicyclic amines) is 2. The van der Waals surface area contributed by atoms with Gasteiger partial charge in [0.15, 0.2) is 0 Å². The summed E-state index contributed by atoms with van der Waals surface area (Å²) in [7, 11) is 1.73. The lowest BCUT2D eigenvalue weighted by atomic mass is 9.68. The van der Waals surface area contributed by atoms with Gasteiger partial charge >= 0.3 is 0 Å². The first-order chi connectivity index (χ1) is 12.7. The standard InChI is InChI=1S/C22H33N3O/c1-23-21(26)9-12-24-13-10-22(11-14-24)15-19(18-5-3-2-4-6-18)16-25(17-22)20-7-8-20/h2-6,19-20H,7-17H2,1H3,(H,23,26)/t19-/m1/s1. The lowest BCUT2D eigenvalue weighted by molar-refractivity contribution is -0.121. The first kappa shape index (κ1) is 18.0. The van der Waals surface area contributed by atoms with Crippen LogP contribution in [-0.2, 0) is 4.79 Å². The molecule has 26 heavy (non-hydrogen) atoms.